The second-order valence-electron chi connectivity index (χ2n) is 4.87. The van der Waals surface area contributed by atoms with Crippen LogP contribution in [0.2, 0.25) is 0 Å². The summed E-state index contributed by atoms with van der Waals surface area (Å²) in [6, 6.07) is 0. The molecule has 0 spiro atoms. The van der Waals surface area contributed by atoms with Crippen molar-refractivity contribution >= 4 is 0 Å². The molecule has 0 aromatic carbocycles. The maximum Gasteiger partial charge on any atom is 0.219 e. The smallest absolute Gasteiger partial charge is 0.219 e. The molecule has 1 fully saturated rings. The summed E-state index contributed by atoms with van der Waals surface area (Å²) in [4.78, 5) is 0. The van der Waals surface area contributed by atoms with Crippen molar-refractivity contribution in [2.45, 2.75) is 57.8 Å². The summed E-state index contributed by atoms with van der Waals surface area (Å²) in [7, 11) is 0. The van der Waals surface area contributed by atoms with E-state index in [2.05, 4.69) is 22.4 Å². The Morgan fingerprint density at radius 2 is 2.00 bits per heavy atom. The topological polar surface area (TPSA) is 51.0 Å². The van der Waals surface area contributed by atoms with Gasteiger partial charge in [0.2, 0.25) is 11.8 Å². The van der Waals surface area contributed by atoms with E-state index in [1.54, 1.807) is 0 Å². The minimum Gasteiger partial charge on any atom is -0.425 e. The largest absolute Gasteiger partial charge is 0.425 e. The van der Waals surface area contributed by atoms with Gasteiger partial charge < -0.3 is 9.73 Å². The van der Waals surface area contributed by atoms with Crippen molar-refractivity contribution in [1.29, 1.82) is 0 Å². The first-order valence-electron chi connectivity index (χ1n) is 6.93. The van der Waals surface area contributed by atoms with Crippen LogP contribution in [-0.2, 0) is 6.42 Å². The fourth-order valence-corrected chi connectivity index (χ4v) is 2.38. The molecule has 1 aliphatic carbocycles. The van der Waals surface area contributed by atoms with Crippen molar-refractivity contribution in [2.75, 3.05) is 13.1 Å². The van der Waals surface area contributed by atoms with Crippen LogP contribution in [0, 0.1) is 0 Å². The molecule has 0 unspecified atom stereocenters. The molecule has 4 heteroatoms. The lowest BCUT2D eigenvalue weighted by atomic mass is 9.89. The minimum absolute atomic E-state index is 0.522. The average Bonchev–Trinajstić information content (AvgIpc) is 2.85. The Balaban J connectivity index is 1.78. The lowest BCUT2D eigenvalue weighted by Crippen LogP contribution is -2.17. The highest BCUT2D eigenvalue weighted by Gasteiger charge is 2.20. The SMILES string of the molecule is CCCNCCc1nnc(C2CCCCC2)o1. The molecule has 96 valence electrons. The number of hydrogen-bond acceptors (Lipinski definition) is 4. The zero-order chi connectivity index (χ0) is 11.9. The molecular formula is C13H23N3O. The van der Waals surface area contributed by atoms with Crippen LogP contribution in [0.4, 0.5) is 0 Å². The summed E-state index contributed by atoms with van der Waals surface area (Å²) in [5, 5.41) is 11.7. The quantitative estimate of drug-likeness (QED) is 0.773. The summed E-state index contributed by atoms with van der Waals surface area (Å²) < 4.78 is 5.74. The Bertz CT molecular complexity index is 318. The third kappa shape index (κ3) is 3.80. The minimum atomic E-state index is 0.522. The molecule has 1 saturated carbocycles. The van der Waals surface area contributed by atoms with Crippen molar-refractivity contribution in [2.24, 2.45) is 0 Å². The maximum absolute atomic E-state index is 5.74. The van der Waals surface area contributed by atoms with E-state index in [4.69, 9.17) is 4.42 Å². The van der Waals surface area contributed by atoms with Gasteiger partial charge in [-0.3, -0.25) is 0 Å². The molecular weight excluding hydrogens is 214 g/mol. The number of nitrogens with one attached hydrogen (secondary N) is 1. The van der Waals surface area contributed by atoms with E-state index in [1.165, 1.54) is 32.1 Å². The van der Waals surface area contributed by atoms with Gasteiger partial charge in [0.25, 0.3) is 0 Å². The zero-order valence-corrected chi connectivity index (χ0v) is 10.7. The van der Waals surface area contributed by atoms with Gasteiger partial charge in [-0.15, -0.1) is 10.2 Å². The molecule has 1 N–H and O–H groups in total. The van der Waals surface area contributed by atoms with Crippen molar-refractivity contribution in [3.8, 4) is 0 Å². The number of hydrogen-bond donors (Lipinski definition) is 1. The Morgan fingerprint density at radius 1 is 1.18 bits per heavy atom. The van der Waals surface area contributed by atoms with Crippen LogP contribution in [0.3, 0.4) is 0 Å². The Hall–Kier alpha value is -0.900. The van der Waals surface area contributed by atoms with Crippen LogP contribution in [0.15, 0.2) is 4.42 Å². The number of nitrogens with zero attached hydrogens (tertiary/aromatic N) is 2. The fourth-order valence-electron chi connectivity index (χ4n) is 2.38. The first-order chi connectivity index (χ1) is 8.40. The van der Waals surface area contributed by atoms with E-state index in [9.17, 15) is 0 Å². The van der Waals surface area contributed by atoms with Gasteiger partial charge in [-0.1, -0.05) is 26.2 Å². The van der Waals surface area contributed by atoms with E-state index in [1.807, 2.05) is 0 Å². The highest BCUT2D eigenvalue weighted by atomic mass is 16.4. The van der Waals surface area contributed by atoms with Crippen molar-refractivity contribution in [3.05, 3.63) is 11.8 Å². The molecule has 1 heterocycles. The second-order valence-corrected chi connectivity index (χ2v) is 4.87. The van der Waals surface area contributed by atoms with Crippen LogP contribution < -0.4 is 5.32 Å². The lowest BCUT2D eigenvalue weighted by Gasteiger charge is -2.17. The molecule has 1 aromatic rings. The molecule has 4 nitrogen and oxygen atoms in total. The summed E-state index contributed by atoms with van der Waals surface area (Å²) in [5.41, 5.74) is 0. The first-order valence-corrected chi connectivity index (χ1v) is 6.93. The van der Waals surface area contributed by atoms with Crippen LogP contribution in [0.1, 0.15) is 63.1 Å². The first kappa shape index (κ1) is 12.6. The normalized spacial score (nSPS) is 17.5. The highest BCUT2D eigenvalue weighted by Crippen LogP contribution is 2.31. The molecule has 17 heavy (non-hydrogen) atoms. The number of aromatic nitrogens is 2. The monoisotopic (exact) mass is 237 g/mol. The fraction of sp³-hybridized carbons (Fsp3) is 0.846. The lowest BCUT2D eigenvalue weighted by molar-refractivity contribution is 0.350. The second kappa shape index (κ2) is 6.74. The molecule has 0 bridgehead atoms. The van der Waals surface area contributed by atoms with Crippen molar-refractivity contribution < 1.29 is 4.42 Å². The molecule has 0 radical (unpaired) electrons. The van der Waals surface area contributed by atoms with Crippen molar-refractivity contribution in [1.82, 2.24) is 15.5 Å². The van der Waals surface area contributed by atoms with Gasteiger partial charge in [-0.25, -0.2) is 0 Å². The van der Waals surface area contributed by atoms with E-state index >= 15 is 0 Å². The molecule has 0 amide bonds. The van der Waals surface area contributed by atoms with Gasteiger partial charge in [0.1, 0.15) is 0 Å². The van der Waals surface area contributed by atoms with Crippen LogP contribution in [0.25, 0.3) is 0 Å². The van der Waals surface area contributed by atoms with Crippen molar-refractivity contribution in [3.63, 3.8) is 0 Å². The predicted molar refractivity (Wildman–Crippen MR) is 67.0 cm³/mol. The molecule has 0 saturated heterocycles. The van der Waals surface area contributed by atoms with Crippen LogP contribution in [0.5, 0.6) is 0 Å². The van der Waals surface area contributed by atoms with E-state index in [-0.39, 0.29) is 0 Å². The maximum atomic E-state index is 5.74. The van der Waals surface area contributed by atoms with Gasteiger partial charge in [0, 0.05) is 18.9 Å². The van der Waals surface area contributed by atoms with Crippen LogP contribution >= 0.6 is 0 Å². The highest BCUT2D eigenvalue weighted by molar-refractivity contribution is 4.93. The summed E-state index contributed by atoms with van der Waals surface area (Å²) in [6.07, 6.45) is 8.42. The van der Waals surface area contributed by atoms with Gasteiger partial charge in [0.15, 0.2) is 0 Å². The van der Waals surface area contributed by atoms with Gasteiger partial charge >= 0.3 is 0 Å². The predicted octanol–water partition coefficient (Wildman–Crippen LogP) is 2.66. The standard InChI is InChI=1S/C13H23N3O/c1-2-9-14-10-8-12-15-16-13(17-12)11-6-4-3-5-7-11/h11,14H,2-10H2,1H3. The molecule has 1 aromatic heterocycles. The van der Waals surface area contributed by atoms with E-state index in [0.29, 0.717) is 5.92 Å². The molecule has 0 aliphatic heterocycles. The Kier molecular flexibility index (Phi) is 4.98. The third-order valence-corrected chi connectivity index (χ3v) is 3.38. The summed E-state index contributed by atoms with van der Waals surface area (Å²) >= 11 is 0. The zero-order valence-electron chi connectivity index (χ0n) is 10.7. The van der Waals surface area contributed by atoms with Gasteiger partial charge in [0.05, 0.1) is 0 Å². The average molecular weight is 237 g/mol. The van der Waals surface area contributed by atoms with Gasteiger partial charge in [-0.05, 0) is 25.8 Å². The number of rotatable bonds is 6. The summed E-state index contributed by atoms with van der Waals surface area (Å²) in [6.45, 7) is 4.16. The molecule has 0 atom stereocenters. The Morgan fingerprint density at radius 3 is 2.76 bits per heavy atom. The molecule has 2 rings (SSSR count). The molecule has 1 aliphatic rings. The van der Waals surface area contributed by atoms with Crippen LogP contribution in [-0.4, -0.2) is 23.3 Å². The van der Waals surface area contributed by atoms with E-state index < -0.39 is 0 Å². The summed E-state index contributed by atoms with van der Waals surface area (Å²) in [5.74, 6) is 2.18. The third-order valence-electron chi connectivity index (χ3n) is 3.38. The van der Waals surface area contributed by atoms with E-state index in [0.717, 1.165) is 37.7 Å². The van der Waals surface area contributed by atoms with Gasteiger partial charge in [-0.2, -0.15) is 0 Å². The Labute approximate surface area is 103 Å².